The van der Waals surface area contributed by atoms with Gasteiger partial charge in [0, 0.05) is 142 Å². The lowest BCUT2D eigenvalue weighted by atomic mass is 9.79. The van der Waals surface area contributed by atoms with E-state index >= 15 is 0 Å². The molecule has 0 aliphatic carbocycles. The fourth-order valence-electron chi connectivity index (χ4n) is 14.4. The van der Waals surface area contributed by atoms with Crippen molar-refractivity contribution in [3.05, 3.63) is 106 Å². The summed E-state index contributed by atoms with van der Waals surface area (Å²) in [4.78, 5) is 177. The van der Waals surface area contributed by atoms with Gasteiger partial charge in [0.05, 0.1) is 51.8 Å². The van der Waals surface area contributed by atoms with E-state index in [2.05, 4.69) is 41.5 Å². The van der Waals surface area contributed by atoms with Gasteiger partial charge in [-0.15, -0.1) is 22.7 Å². The lowest BCUT2D eigenvalue weighted by Gasteiger charge is -2.23. The van der Waals surface area contributed by atoms with Crippen molar-refractivity contribution >= 4 is 148 Å². The number of aromatic hydroxyl groups is 2. The Balaban J connectivity index is 0.000000365. The molecule has 0 bridgehead atoms. The number of thiazole rings is 2. The number of guanidine groups is 1. The van der Waals surface area contributed by atoms with Crippen LogP contribution in [0.15, 0.2) is 89.9 Å². The maximum Gasteiger partial charge on any atom is 0.315 e. The normalized spacial score (nSPS) is 15.7. The molecular weight excluding hydrogens is 1640 g/mol. The largest absolute Gasteiger partial charge is 0.508 e. The number of phenolic OH excluding ortho intramolecular Hbond substituents is 2. The average Bonchev–Trinajstić information content (AvgIpc) is 1.68. The summed E-state index contributed by atoms with van der Waals surface area (Å²) >= 11 is 4.38. The zero-order valence-corrected chi connectivity index (χ0v) is 72.0. The van der Waals surface area contributed by atoms with Gasteiger partial charge in [0.15, 0.2) is 16.0 Å². The van der Waals surface area contributed by atoms with E-state index in [1.165, 1.54) is 29.6 Å². The van der Waals surface area contributed by atoms with Crippen LogP contribution in [0, 0.1) is 64.1 Å². The lowest BCUT2D eigenvalue weighted by Crippen LogP contribution is -2.37. The van der Waals surface area contributed by atoms with Crippen LogP contribution in [0.2, 0.25) is 0 Å². The third-order valence-electron chi connectivity index (χ3n) is 21.3. The molecule has 0 saturated carbocycles. The van der Waals surface area contributed by atoms with Crippen LogP contribution in [-0.2, 0) is 70.4 Å². The van der Waals surface area contributed by atoms with E-state index in [9.17, 15) is 82.8 Å². The number of fused-ring (bicyclic) bond motifs is 3. The number of thioether (sulfide) groups is 1. The number of primary amides is 2. The zero-order chi connectivity index (χ0) is 90.1. The van der Waals surface area contributed by atoms with E-state index in [0.717, 1.165) is 51.1 Å². The summed E-state index contributed by atoms with van der Waals surface area (Å²) in [5, 5.41) is 72.6. The summed E-state index contributed by atoms with van der Waals surface area (Å²) in [5.41, 5.74) is 37.6. The quantitative estimate of drug-likeness (QED) is 0.00756. The number of nitrogens with two attached hydrogens (primary N) is 6. The van der Waals surface area contributed by atoms with Gasteiger partial charge in [-0.25, -0.2) is 14.8 Å². The molecule has 6 aromatic rings. The van der Waals surface area contributed by atoms with Gasteiger partial charge in [-0.3, -0.25) is 57.7 Å². The Labute approximate surface area is 727 Å². The smallest absolute Gasteiger partial charge is 0.315 e. The first-order chi connectivity index (χ1) is 58.8. The molecule has 0 spiro atoms. The summed E-state index contributed by atoms with van der Waals surface area (Å²) in [5.74, 6) is -9.02. The Morgan fingerprint density at radius 2 is 1.07 bits per heavy atom. The second-order valence-corrected chi connectivity index (χ2v) is 34.7. The van der Waals surface area contributed by atoms with Gasteiger partial charge in [-0.05, 0) is 168 Å². The minimum absolute atomic E-state index is 0.0128. The molecule has 33 nitrogen and oxygen atoms in total. The van der Waals surface area contributed by atoms with Gasteiger partial charge in [-0.2, -0.15) is 22.3 Å². The minimum Gasteiger partial charge on any atom is -0.508 e. The molecule has 2 fully saturated rings. The summed E-state index contributed by atoms with van der Waals surface area (Å²) in [6.45, 7) is 2.83. The van der Waals surface area contributed by atoms with Crippen molar-refractivity contribution in [3.63, 3.8) is 0 Å². The van der Waals surface area contributed by atoms with Crippen LogP contribution >= 0.6 is 34.4 Å². The fraction of sp³-hybridized carbons (Fsp3) is 0.517. The van der Waals surface area contributed by atoms with Crippen LogP contribution < -0.4 is 61.0 Å². The maximum atomic E-state index is 14.1. The highest BCUT2D eigenvalue weighted by atomic mass is 32.2. The Bertz CT molecular complexity index is 4700. The minimum atomic E-state index is -1.21. The number of unbranched alkanes of at least 4 members (excludes halogenated alkanes) is 4. The third kappa shape index (κ3) is 36.5. The molecule has 2 saturated heterocycles. The number of urea groups is 1. The number of hydrogen-bond acceptors (Lipinski definition) is 27. The first-order valence-electron chi connectivity index (χ1n) is 41.5. The van der Waals surface area contributed by atoms with Crippen molar-refractivity contribution < 1.29 is 82.8 Å². The monoisotopic (exact) mass is 1750 g/mol. The third-order valence-corrected chi connectivity index (χ3v) is 24.6. The molecule has 7 amide bonds. The number of aliphatic imine (C=N–C) groups is 1. The number of anilines is 2. The molecule has 2 aliphatic rings. The number of nitrogens with zero attached hydrogens (tertiary/aromatic N) is 5. The number of carbonyl (C=O) groups is 13. The first-order valence-corrected chi connectivity index (χ1v) is 44.1. The van der Waals surface area contributed by atoms with E-state index in [0.29, 0.717) is 109 Å². The summed E-state index contributed by atoms with van der Waals surface area (Å²) < 4.78 is 1.64. The molecule has 123 heavy (non-hydrogen) atoms. The van der Waals surface area contributed by atoms with Crippen molar-refractivity contribution in [2.75, 3.05) is 49.2 Å². The average molecular weight is 1750 g/mol. The Morgan fingerprint density at radius 3 is 1.60 bits per heavy atom. The number of phenols is 2. The number of aliphatic hydroxyl groups excluding tert-OH is 2. The number of ketones is 7. The number of Topliss-reactive ketones (excluding diaryl/α,β-unsaturated/α-hetero) is 7. The molecule has 4 aromatic carbocycles. The Morgan fingerprint density at radius 1 is 0.561 bits per heavy atom. The number of aromatic nitrogens is 2. The molecular formula is C87H116N16O17S3. The summed E-state index contributed by atoms with van der Waals surface area (Å²) in [6.07, 6.45) is 6.22. The predicted molar refractivity (Wildman–Crippen MR) is 470 cm³/mol. The zero-order valence-electron chi connectivity index (χ0n) is 69.6. The first kappa shape index (κ1) is 101. The Hall–Kier alpha value is -11.0. The van der Waals surface area contributed by atoms with Crippen molar-refractivity contribution in [2.45, 2.75) is 204 Å². The fourth-order valence-corrected chi connectivity index (χ4v) is 17.5. The van der Waals surface area contributed by atoms with Crippen LogP contribution in [-0.4, -0.2) is 174 Å². The SMILES string of the molecule is CC(=O)CC(Cc1ccc(O)cc1)C(=O)Nc1ccc2nc(C#N)sc2c1.CC(CCC(N)=O)CC(=O)C(CCC(N)=O)CC(=O)C(CO)CC(=O)C(CCCCN)CC(=O)C(CCCN=C(N)N)CC(=O)C(CO)CC(=O)CCCCCNC(=O)CCCCC1SCC2NC(=O)NC21.N#Cc1nc2ccc(NC(=O)C(N)Cc3ccc(O)cc3)cc2s1. The van der Waals surface area contributed by atoms with Crippen LogP contribution in [0.25, 0.3) is 20.4 Å². The number of nitriles is 2. The molecule has 2 aliphatic heterocycles. The summed E-state index contributed by atoms with van der Waals surface area (Å²) in [7, 11) is 0. The highest BCUT2D eigenvalue weighted by molar-refractivity contribution is 8.00. The molecule has 2 aromatic heterocycles. The van der Waals surface area contributed by atoms with Crippen molar-refractivity contribution in [1.29, 1.82) is 10.5 Å². The molecule has 11 unspecified atom stereocenters. The number of aliphatic hydroxyl groups is 2. The van der Waals surface area contributed by atoms with E-state index in [4.69, 9.17) is 44.9 Å². The second kappa shape index (κ2) is 53.1. The number of carbonyl (C=O) groups excluding carboxylic acids is 13. The maximum absolute atomic E-state index is 14.1. The number of nitrogens with one attached hydrogen (secondary N) is 5. The molecule has 8 rings (SSSR count). The second-order valence-electron chi connectivity index (χ2n) is 31.4. The van der Waals surface area contributed by atoms with Gasteiger partial charge >= 0.3 is 6.03 Å². The highest BCUT2D eigenvalue weighted by Gasteiger charge is 2.43. The lowest BCUT2D eigenvalue weighted by molar-refractivity contribution is -0.136. The number of amides is 7. The van der Waals surface area contributed by atoms with Gasteiger partial charge < -0.3 is 86.2 Å². The molecule has 0 radical (unpaired) electrons. The van der Waals surface area contributed by atoms with E-state index < -0.39 is 96.1 Å². The van der Waals surface area contributed by atoms with Gasteiger partial charge in [0.2, 0.25) is 29.5 Å². The molecule has 11 atom stereocenters. The van der Waals surface area contributed by atoms with Crippen LogP contribution in [0.4, 0.5) is 16.2 Å². The topological polar surface area (TPSA) is 605 Å². The van der Waals surface area contributed by atoms with E-state index in [-0.39, 0.29) is 160 Å². The van der Waals surface area contributed by atoms with E-state index in [1.54, 1.807) is 91.9 Å². The van der Waals surface area contributed by atoms with Gasteiger partial charge in [0.1, 0.15) is 64.1 Å². The standard InChI is InChI=1S/C50H85N9O12S.C20H17N3O3S.C17H14N4O2S/c1-31(15-17-45(52)68)22-39(63)34(16-18-46(53)69)26-43(67)36(29-61)27-41(65)32(10-6-7-19-51)24-40(64)33(11-9-21-57-49(54)55)25-42(66)35(28-60)23-37(62)12-3-2-8-20-56-47(70)14-5-4-13-44-48-38(30-72-44)58-50(71)59-48;1-12(24)8-14(9-13-2-5-16(25)6-3-13)20(26)22-15-4-7-17-18(10-15)27-19(11-21)23-17;18-9-16-21-14-6-3-11(8-15(14)24-16)20-17(23)13(19)7-10-1-4-12(22)5-2-10/h31-36,38,44,48,60-61H,2-30,51H2,1H3,(H2,52,68)(H2,53,69)(H,56,70)(H4,54,55,57)(H2,58,59,71);2-7,10,14,25H,8-9H2,1H3,(H,22,26);1-6,8,13,22H,7,19H2,(H,20,23). The van der Waals surface area contributed by atoms with Gasteiger partial charge in [-0.1, -0.05) is 50.5 Å². The van der Waals surface area contributed by atoms with Crippen LogP contribution in [0.1, 0.15) is 189 Å². The van der Waals surface area contributed by atoms with Crippen LogP contribution in [0.3, 0.4) is 0 Å². The van der Waals surface area contributed by atoms with Crippen molar-refractivity contribution in [1.82, 2.24) is 25.9 Å². The predicted octanol–water partition coefficient (Wildman–Crippen LogP) is 7.59. The molecule has 664 valence electrons. The van der Waals surface area contributed by atoms with Crippen LogP contribution in [0.5, 0.6) is 11.5 Å². The summed E-state index contributed by atoms with van der Waals surface area (Å²) in [6, 6.07) is 27.2. The number of benzene rings is 4. The van der Waals surface area contributed by atoms with Crippen molar-refractivity contribution in [2.24, 2.45) is 80.8 Å². The highest BCUT2D eigenvalue weighted by Crippen LogP contribution is 2.35. The number of hydrogen-bond donors (Lipinski definition) is 15. The van der Waals surface area contributed by atoms with Crippen molar-refractivity contribution in [3.8, 4) is 23.6 Å². The molecule has 36 heteroatoms. The molecule has 21 N–H and O–H groups in total. The molecule has 4 heterocycles. The number of rotatable bonds is 54. The van der Waals surface area contributed by atoms with Gasteiger partial charge in [0.25, 0.3) is 0 Å². The van der Waals surface area contributed by atoms with E-state index in [1.807, 2.05) is 23.9 Å². The Kier molecular flexibility index (Phi) is 43.6.